The Hall–Kier alpha value is -1.39. The van der Waals surface area contributed by atoms with Gasteiger partial charge in [-0.25, -0.2) is 0 Å². The predicted octanol–water partition coefficient (Wildman–Crippen LogP) is 1.50. The minimum absolute atomic E-state index is 0.234. The summed E-state index contributed by atoms with van der Waals surface area (Å²) >= 11 is 0. The smallest absolute Gasteiger partial charge is 0.254 e. The summed E-state index contributed by atoms with van der Waals surface area (Å²) in [7, 11) is 4.16. The molecule has 114 valence electrons. The number of nitrogens with zero attached hydrogens (tertiary/aromatic N) is 2. The number of fused-ring (bicyclic) bond motifs is 1. The first-order chi connectivity index (χ1) is 10.2. The molecule has 2 aliphatic heterocycles. The van der Waals surface area contributed by atoms with Crippen LogP contribution in [0.1, 0.15) is 34.3 Å². The molecule has 4 heteroatoms. The Bertz CT molecular complexity index is 527. The quantitative estimate of drug-likeness (QED) is 0.915. The predicted molar refractivity (Wildman–Crippen MR) is 84.5 cm³/mol. The number of carbonyl (C=O) groups excluding carboxylic acids is 1. The summed E-state index contributed by atoms with van der Waals surface area (Å²) in [6.07, 6.45) is 3.21. The fourth-order valence-corrected chi connectivity index (χ4v) is 3.60. The van der Waals surface area contributed by atoms with Gasteiger partial charge in [0.25, 0.3) is 5.91 Å². The number of carbonyl (C=O) groups is 1. The summed E-state index contributed by atoms with van der Waals surface area (Å²) in [5.74, 6) is 0.234. The SMILES string of the molecule is CN(C)CC1CCCN1C(=O)c1cccc2c1CCNC2. The van der Waals surface area contributed by atoms with Gasteiger partial charge >= 0.3 is 0 Å². The standard InChI is InChI=1S/C17H25N3O/c1-19(2)12-14-6-4-10-20(14)17(21)16-7-3-5-13-11-18-9-8-15(13)16/h3,5,7,14,18H,4,6,8-12H2,1-2H3. The van der Waals surface area contributed by atoms with E-state index in [9.17, 15) is 4.79 Å². The number of hydrogen-bond acceptors (Lipinski definition) is 3. The van der Waals surface area contributed by atoms with Gasteiger partial charge in [-0.2, -0.15) is 0 Å². The van der Waals surface area contributed by atoms with Crippen LogP contribution in [-0.4, -0.2) is 55.5 Å². The summed E-state index contributed by atoms with van der Waals surface area (Å²) < 4.78 is 0. The van der Waals surface area contributed by atoms with Crippen molar-refractivity contribution in [2.24, 2.45) is 0 Å². The molecule has 0 saturated carbocycles. The van der Waals surface area contributed by atoms with Gasteiger partial charge < -0.3 is 15.1 Å². The summed E-state index contributed by atoms with van der Waals surface area (Å²) in [4.78, 5) is 17.3. The van der Waals surface area contributed by atoms with Gasteiger partial charge in [0.1, 0.15) is 0 Å². The molecule has 0 radical (unpaired) electrons. The van der Waals surface area contributed by atoms with Crippen molar-refractivity contribution in [1.82, 2.24) is 15.1 Å². The zero-order valence-corrected chi connectivity index (χ0v) is 13.1. The molecule has 1 atom stereocenters. The lowest BCUT2D eigenvalue weighted by Crippen LogP contribution is -2.42. The Morgan fingerprint density at radius 3 is 3.10 bits per heavy atom. The monoisotopic (exact) mass is 287 g/mol. The first kappa shape index (κ1) is 14.5. The third-order valence-electron chi connectivity index (χ3n) is 4.58. The number of hydrogen-bond donors (Lipinski definition) is 1. The van der Waals surface area contributed by atoms with E-state index >= 15 is 0 Å². The summed E-state index contributed by atoms with van der Waals surface area (Å²) in [5.41, 5.74) is 3.48. The van der Waals surface area contributed by atoms with Gasteiger partial charge in [-0.05, 0) is 57.1 Å². The molecule has 0 bridgehead atoms. The molecule has 21 heavy (non-hydrogen) atoms. The van der Waals surface area contributed by atoms with Crippen LogP contribution in [0.5, 0.6) is 0 Å². The van der Waals surface area contributed by atoms with Crippen LogP contribution >= 0.6 is 0 Å². The van der Waals surface area contributed by atoms with Crippen LogP contribution in [0.4, 0.5) is 0 Å². The lowest BCUT2D eigenvalue weighted by Gasteiger charge is -2.29. The molecule has 3 rings (SSSR count). The Morgan fingerprint density at radius 1 is 1.43 bits per heavy atom. The number of likely N-dealkylation sites (N-methyl/N-ethyl adjacent to an activating group) is 1. The van der Waals surface area contributed by atoms with Crippen LogP contribution in [0.25, 0.3) is 0 Å². The van der Waals surface area contributed by atoms with E-state index in [1.807, 2.05) is 12.1 Å². The van der Waals surface area contributed by atoms with Crippen LogP contribution in [0.2, 0.25) is 0 Å². The summed E-state index contributed by atoms with van der Waals surface area (Å²) in [6.45, 7) is 3.72. The molecule has 2 aliphatic rings. The second-order valence-electron chi connectivity index (χ2n) is 6.43. The van der Waals surface area contributed by atoms with E-state index in [2.05, 4.69) is 35.3 Å². The van der Waals surface area contributed by atoms with Crippen molar-refractivity contribution in [2.45, 2.75) is 31.8 Å². The summed E-state index contributed by atoms with van der Waals surface area (Å²) in [5, 5.41) is 3.38. The van der Waals surface area contributed by atoms with Gasteiger partial charge in [0.05, 0.1) is 0 Å². The van der Waals surface area contributed by atoms with Crippen LogP contribution in [0.15, 0.2) is 18.2 Å². The maximum absolute atomic E-state index is 13.0. The van der Waals surface area contributed by atoms with Crippen LogP contribution in [-0.2, 0) is 13.0 Å². The molecule has 1 fully saturated rings. The average molecular weight is 287 g/mol. The number of benzene rings is 1. The van der Waals surface area contributed by atoms with Crippen molar-refractivity contribution in [3.63, 3.8) is 0 Å². The van der Waals surface area contributed by atoms with Crippen LogP contribution in [0.3, 0.4) is 0 Å². The maximum Gasteiger partial charge on any atom is 0.254 e. The highest BCUT2D eigenvalue weighted by atomic mass is 16.2. The van der Waals surface area contributed by atoms with Gasteiger partial charge in [0.15, 0.2) is 0 Å². The molecule has 1 aromatic carbocycles. The highest BCUT2D eigenvalue weighted by Crippen LogP contribution is 2.25. The minimum atomic E-state index is 0.234. The van der Waals surface area contributed by atoms with Gasteiger partial charge in [0.2, 0.25) is 0 Å². The Labute approximate surface area is 127 Å². The van der Waals surface area contributed by atoms with E-state index in [4.69, 9.17) is 0 Å². The number of rotatable bonds is 3. The van der Waals surface area contributed by atoms with Gasteiger partial charge in [-0.15, -0.1) is 0 Å². The van der Waals surface area contributed by atoms with Crippen molar-refractivity contribution in [1.29, 1.82) is 0 Å². The molecular weight excluding hydrogens is 262 g/mol. The molecule has 0 spiro atoms. The zero-order valence-electron chi connectivity index (χ0n) is 13.1. The molecule has 1 N–H and O–H groups in total. The van der Waals surface area contributed by atoms with Gasteiger partial charge in [0, 0.05) is 31.2 Å². The third kappa shape index (κ3) is 2.97. The topological polar surface area (TPSA) is 35.6 Å². The van der Waals surface area contributed by atoms with Crippen molar-refractivity contribution in [2.75, 3.05) is 33.7 Å². The Kier molecular flexibility index (Phi) is 4.27. The lowest BCUT2D eigenvalue weighted by atomic mass is 9.94. The lowest BCUT2D eigenvalue weighted by molar-refractivity contribution is 0.0715. The van der Waals surface area contributed by atoms with Crippen LogP contribution in [0, 0.1) is 0 Å². The average Bonchev–Trinajstić information content (AvgIpc) is 2.93. The Balaban J connectivity index is 1.85. The number of nitrogens with one attached hydrogen (secondary N) is 1. The number of likely N-dealkylation sites (tertiary alicyclic amines) is 1. The first-order valence-electron chi connectivity index (χ1n) is 7.94. The molecule has 0 aromatic heterocycles. The van der Waals surface area contributed by atoms with E-state index in [1.165, 1.54) is 11.1 Å². The molecule has 1 amide bonds. The fraction of sp³-hybridized carbons (Fsp3) is 0.588. The van der Waals surface area contributed by atoms with E-state index in [0.717, 1.165) is 51.0 Å². The molecule has 1 unspecified atom stereocenters. The van der Waals surface area contributed by atoms with Crippen molar-refractivity contribution in [3.05, 3.63) is 34.9 Å². The van der Waals surface area contributed by atoms with Crippen molar-refractivity contribution >= 4 is 5.91 Å². The normalized spacial score (nSPS) is 21.7. The molecule has 4 nitrogen and oxygen atoms in total. The van der Waals surface area contributed by atoms with E-state index in [1.54, 1.807) is 0 Å². The molecule has 0 aliphatic carbocycles. The molecule has 2 heterocycles. The minimum Gasteiger partial charge on any atom is -0.334 e. The van der Waals surface area contributed by atoms with E-state index in [-0.39, 0.29) is 5.91 Å². The highest BCUT2D eigenvalue weighted by molar-refractivity contribution is 5.96. The van der Waals surface area contributed by atoms with E-state index in [0.29, 0.717) is 6.04 Å². The largest absolute Gasteiger partial charge is 0.334 e. The highest BCUT2D eigenvalue weighted by Gasteiger charge is 2.31. The summed E-state index contributed by atoms with van der Waals surface area (Å²) in [6, 6.07) is 6.54. The second-order valence-corrected chi connectivity index (χ2v) is 6.43. The molecule has 1 saturated heterocycles. The van der Waals surface area contributed by atoms with Crippen molar-refractivity contribution in [3.8, 4) is 0 Å². The zero-order chi connectivity index (χ0) is 14.8. The fourth-order valence-electron chi connectivity index (χ4n) is 3.60. The van der Waals surface area contributed by atoms with Crippen molar-refractivity contribution < 1.29 is 4.79 Å². The van der Waals surface area contributed by atoms with E-state index < -0.39 is 0 Å². The number of amides is 1. The molecule has 1 aromatic rings. The maximum atomic E-state index is 13.0. The van der Waals surface area contributed by atoms with Gasteiger partial charge in [-0.1, -0.05) is 12.1 Å². The first-order valence-corrected chi connectivity index (χ1v) is 7.94. The second kappa shape index (κ2) is 6.16. The third-order valence-corrected chi connectivity index (χ3v) is 4.58. The van der Waals surface area contributed by atoms with Gasteiger partial charge in [-0.3, -0.25) is 4.79 Å². The van der Waals surface area contributed by atoms with Crippen LogP contribution < -0.4 is 5.32 Å². The Morgan fingerprint density at radius 2 is 2.29 bits per heavy atom. The molecular formula is C17H25N3O.